The van der Waals surface area contributed by atoms with Crippen LogP contribution in [-0.2, 0) is 19.1 Å². The first-order valence-electron chi connectivity index (χ1n) is 5.30. The van der Waals surface area contributed by atoms with Gasteiger partial charge in [-0.2, -0.15) is 13.2 Å². The maximum Gasteiger partial charge on any atom is 0.443 e. The number of alkyl halides is 3. The fourth-order valence-electron chi connectivity index (χ4n) is 1.44. The number of nitrogens with one attached hydrogen (secondary N) is 1. The molecule has 1 aliphatic carbocycles. The van der Waals surface area contributed by atoms with E-state index in [2.05, 4.69) is 10.3 Å². The minimum atomic E-state index is -4.31. The second-order valence-electron chi connectivity index (χ2n) is 3.90. The predicted molar refractivity (Wildman–Crippen MR) is 56.4 cm³/mol. The number of thiazole rings is 1. The Kier molecular flexibility index (Phi) is 3.21. The molecule has 0 unspecified atom stereocenters. The van der Waals surface area contributed by atoms with E-state index in [4.69, 9.17) is 0 Å². The van der Waals surface area contributed by atoms with E-state index < -0.39 is 11.2 Å². The summed E-state index contributed by atoms with van der Waals surface area (Å²) in [6.07, 6.45) is -1.50. The highest BCUT2D eigenvalue weighted by molar-refractivity contribution is 7.11. The molecular formula is C10H13F3N2S. The summed E-state index contributed by atoms with van der Waals surface area (Å²) in [6, 6.07) is 0.501. The van der Waals surface area contributed by atoms with Gasteiger partial charge in [0.05, 0.1) is 5.69 Å². The SMILES string of the molecule is CCc1nc(C(F)(F)F)sc1CNC1CC1. The third-order valence-electron chi connectivity index (χ3n) is 2.48. The lowest BCUT2D eigenvalue weighted by Gasteiger charge is -2.00. The smallest absolute Gasteiger partial charge is 0.309 e. The Morgan fingerprint density at radius 2 is 2.12 bits per heavy atom. The van der Waals surface area contributed by atoms with Crippen molar-refractivity contribution in [2.75, 3.05) is 0 Å². The van der Waals surface area contributed by atoms with Gasteiger partial charge in [0.15, 0.2) is 5.01 Å². The zero-order valence-corrected chi connectivity index (χ0v) is 9.71. The van der Waals surface area contributed by atoms with E-state index >= 15 is 0 Å². The molecule has 1 aromatic rings. The molecule has 1 fully saturated rings. The lowest BCUT2D eigenvalue weighted by Crippen LogP contribution is -2.15. The number of rotatable bonds is 4. The van der Waals surface area contributed by atoms with E-state index in [0.29, 0.717) is 24.7 Å². The molecule has 0 radical (unpaired) electrons. The molecule has 6 heteroatoms. The van der Waals surface area contributed by atoms with Crippen molar-refractivity contribution in [2.24, 2.45) is 0 Å². The third kappa shape index (κ3) is 2.74. The van der Waals surface area contributed by atoms with Crippen molar-refractivity contribution in [1.29, 1.82) is 0 Å². The molecule has 0 bridgehead atoms. The molecule has 0 atom stereocenters. The summed E-state index contributed by atoms with van der Waals surface area (Å²) in [6.45, 7) is 2.34. The van der Waals surface area contributed by atoms with E-state index in [9.17, 15) is 13.2 Å². The topological polar surface area (TPSA) is 24.9 Å². The molecule has 1 N–H and O–H groups in total. The average molecular weight is 250 g/mol. The summed E-state index contributed by atoms with van der Waals surface area (Å²) >= 11 is 0.762. The number of halogens is 3. The highest BCUT2D eigenvalue weighted by atomic mass is 32.1. The van der Waals surface area contributed by atoms with Gasteiger partial charge in [-0.05, 0) is 19.3 Å². The molecule has 0 amide bonds. The second kappa shape index (κ2) is 4.33. The van der Waals surface area contributed by atoms with Crippen LogP contribution < -0.4 is 5.32 Å². The second-order valence-corrected chi connectivity index (χ2v) is 4.98. The van der Waals surface area contributed by atoms with Gasteiger partial charge in [-0.15, -0.1) is 11.3 Å². The molecule has 1 heterocycles. The summed E-state index contributed by atoms with van der Waals surface area (Å²) in [7, 11) is 0. The van der Waals surface area contributed by atoms with Gasteiger partial charge >= 0.3 is 6.18 Å². The van der Waals surface area contributed by atoms with Crippen LogP contribution in [0.3, 0.4) is 0 Å². The van der Waals surface area contributed by atoms with Crippen LogP contribution in [0.2, 0.25) is 0 Å². The normalized spacial score (nSPS) is 16.8. The van der Waals surface area contributed by atoms with Crippen LogP contribution in [0.4, 0.5) is 13.2 Å². The first-order valence-corrected chi connectivity index (χ1v) is 6.11. The molecule has 2 nitrogen and oxygen atoms in total. The highest BCUT2D eigenvalue weighted by Crippen LogP contribution is 2.34. The Morgan fingerprint density at radius 1 is 1.44 bits per heavy atom. The molecule has 1 aliphatic rings. The van der Waals surface area contributed by atoms with Crippen molar-refractivity contribution in [2.45, 2.75) is 44.9 Å². The van der Waals surface area contributed by atoms with Gasteiger partial charge in [0, 0.05) is 17.5 Å². The molecule has 0 aromatic carbocycles. The number of aryl methyl sites for hydroxylation is 1. The van der Waals surface area contributed by atoms with Crippen molar-refractivity contribution in [3.63, 3.8) is 0 Å². The van der Waals surface area contributed by atoms with Crippen LogP contribution in [0.15, 0.2) is 0 Å². The number of aromatic nitrogens is 1. The molecular weight excluding hydrogens is 237 g/mol. The summed E-state index contributed by atoms with van der Waals surface area (Å²) in [4.78, 5) is 4.38. The van der Waals surface area contributed by atoms with E-state index in [1.165, 1.54) is 0 Å². The summed E-state index contributed by atoms with van der Waals surface area (Å²) in [5.74, 6) is 0. The van der Waals surface area contributed by atoms with Crippen LogP contribution in [-0.4, -0.2) is 11.0 Å². The summed E-state index contributed by atoms with van der Waals surface area (Å²) < 4.78 is 37.4. The maximum atomic E-state index is 12.5. The molecule has 16 heavy (non-hydrogen) atoms. The monoisotopic (exact) mass is 250 g/mol. The van der Waals surface area contributed by atoms with Crippen LogP contribution in [0.5, 0.6) is 0 Å². The van der Waals surface area contributed by atoms with Gasteiger partial charge in [-0.25, -0.2) is 4.98 Å². The Bertz CT molecular complexity index is 369. The fourth-order valence-corrected chi connectivity index (χ4v) is 2.41. The van der Waals surface area contributed by atoms with Crippen molar-refractivity contribution < 1.29 is 13.2 Å². The Hall–Kier alpha value is -0.620. The minimum absolute atomic E-state index is 0.501. The quantitative estimate of drug-likeness (QED) is 0.888. The Balaban J connectivity index is 2.11. The zero-order chi connectivity index (χ0) is 11.8. The standard InChI is InChI=1S/C10H13F3N2S/c1-2-7-8(5-14-6-3-4-6)16-9(15-7)10(11,12)13/h6,14H,2-5H2,1H3. The summed E-state index contributed by atoms with van der Waals surface area (Å²) in [5.41, 5.74) is 0.575. The first kappa shape index (κ1) is 11.9. The highest BCUT2D eigenvalue weighted by Gasteiger charge is 2.35. The van der Waals surface area contributed by atoms with Crippen molar-refractivity contribution >= 4 is 11.3 Å². The van der Waals surface area contributed by atoms with Gasteiger partial charge in [0.2, 0.25) is 0 Å². The lowest BCUT2D eigenvalue weighted by atomic mass is 10.3. The van der Waals surface area contributed by atoms with Crippen molar-refractivity contribution in [3.8, 4) is 0 Å². The molecule has 0 saturated heterocycles. The fraction of sp³-hybridized carbons (Fsp3) is 0.700. The molecule has 1 saturated carbocycles. The molecule has 1 aromatic heterocycles. The van der Waals surface area contributed by atoms with Gasteiger partial charge in [-0.1, -0.05) is 6.92 Å². The number of hydrogen-bond acceptors (Lipinski definition) is 3. The Labute approximate surface area is 95.9 Å². The van der Waals surface area contributed by atoms with Crippen LogP contribution in [0.25, 0.3) is 0 Å². The predicted octanol–water partition coefficient (Wildman–Crippen LogP) is 2.98. The summed E-state index contributed by atoms with van der Waals surface area (Å²) in [5, 5.41) is 2.49. The first-order chi connectivity index (χ1) is 7.50. The zero-order valence-electron chi connectivity index (χ0n) is 8.90. The third-order valence-corrected chi connectivity index (χ3v) is 3.63. The van der Waals surface area contributed by atoms with Gasteiger partial charge in [-0.3, -0.25) is 0 Å². The van der Waals surface area contributed by atoms with E-state index in [-0.39, 0.29) is 0 Å². The van der Waals surface area contributed by atoms with Crippen molar-refractivity contribution in [3.05, 3.63) is 15.6 Å². The minimum Gasteiger partial charge on any atom is -0.309 e. The van der Waals surface area contributed by atoms with Gasteiger partial charge < -0.3 is 5.32 Å². The van der Waals surface area contributed by atoms with Gasteiger partial charge in [0.25, 0.3) is 0 Å². The molecule has 0 spiro atoms. The lowest BCUT2D eigenvalue weighted by molar-refractivity contribution is -0.137. The van der Waals surface area contributed by atoms with Gasteiger partial charge in [0.1, 0.15) is 0 Å². The van der Waals surface area contributed by atoms with E-state index in [1.54, 1.807) is 0 Å². The maximum absolute atomic E-state index is 12.5. The Morgan fingerprint density at radius 3 is 2.62 bits per heavy atom. The number of nitrogens with zero attached hydrogens (tertiary/aromatic N) is 1. The molecule has 2 rings (SSSR count). The molecule has 0 aliphatic heterocycles. The van der Waals surface area contributed by atoms with Crippen LogP contribution in [0, 0.1) is 0 Å². The average Bonchev–Trinajstić information content (AvgIpc) is 2.92. The number of hydrogen-bond donors (Lipinski definition) is 1. The van der Waals surface area contributed by atoms with Crippen molar-refractivity contribution in [1.82, 2.24) is 10.3 Å². The van der Waals surface area contributed by atoms with Crippen LogP contribution >= 0.6 is 11.3 Å². The van der Waals surface area contributed by atoms with Crippen LogP contribution in [0.1, 0.15) is 35.3 Å². The largest absolute Gasteiger partial charge is 0.443 e. The molecule has 90 valence electrons. The van der Waals surface area contributed by atoms with E-state index in [1.807, 2.05) is 6.92 Å². The van der Waals surface area contributed by atoms with E-state index in [0.717, 1.165) is 29.1 Å².